The minimum absolute atomic E-state index is 0.655. The van der Waals surface area contributed by atoms with Gasteiger partial charge in [0.2, 0.25) is 5.95 Å². The maximum Gasteiger partial charge on any atom is 0.235 e. The molecule has 0 unspecified atom stereocenters. The first-order valence-electron chi connectivity index (χ1n) is 17.2. The Morgan fingerprint density at radius 2 is 1.27 bits per heavy atom. The SMILES string of the molecule is c1ccc(-c2ccccc2-c2nc(-n3c4cc5c6ccccc6oc5c5ccc6cc7c8ccccc8sc7c3c6c54)nc3ccccc23)cc1. The standard InChI is InChI=1S/C46H25N3OS/c1-2-12-26(13-3-1)28-14-4-5-17-31(28)42-32-18-6-9-19-36(32)47-46(48-42)49-37-25-34-29-15-7-10-20-38(29)50-44(34)33-23-22-27-24-35-30-16-8-11-21-39(30)51-45(35)43(49)40(27)41(33)37/h1-25H. The predicted octanol–water partition coefficient (Wildman–Crippen LogP) is 12.9. The topological polar surface area (TPSA) is 43.9 Å². The molecule has 0 fully saturated rings. The highest BCUT2D eigenvalue weighted by Gasteiger charge is 2.26. The monoisotopic (exact) mass is 667 g/mol. The van der Waals surface area contributed by atoms with E-state index < -0.39 is 0 Å². The molecule has 4 aromatic heterocycles. The largest absolute Gasteiger partial charge is 0.455 e. The fraction of sp³-hybridized carbons (Fsp3) is 0. The smallest absolute Gasteiger partial charge is 0.235 e. The van der Waals surface area contributed by atoms with Gasteiger partial charge in [0.1, 0.15) is 11.2 Å². The zero-order valence-electron chi connectivity index (χ0n) is 27.1. The van der Waals surface area contributed by atoms with Gasteiger partial charge in [-0.05, 0) is 52.9 Å². The first-order chi connectivity index (χ1) is 25.3. The fourth-order valence-electron chi connectivity index (χ4n) is 8.37. The van der Waals surface area contributed by atoms with Gasteiger partial charge in [-0.15, -0.1) is 11.3 Å². The normalized spacial score (nSPS) is 12.3. The van der Waals surface area contributed by atoms with Gasteiger partial charge in [-0.3, -0.25) is 4.57 Å². The molecule has 0 radical (unpaired) electrons. The molecule has 0 amide bonds. The summed E-state index contributed by atoms with van der Waals surface area (Å²) in [5.74, 6) is 0.655. The van der Waals surface area contributed by atoms with Crippen molar-refractivity contribution in [3.05, 3.63) is 152 Å². The molecule has 51 heavy (non-hydrogen) atoms. The van der Waals surface area contributed by atoms with E-state index in [1.54, 1.807) is 0 Å². The highest BCUT2D eigenvalue weighted by molar-refractivity contribution is 7.26. The average Bonchev–Trinajstić information content (AvgIpc) is 3.87. The van der Waals surface area contributed by atoms with Gasteiger partial charge >= 0.3 is 0 Å². The number of benzene rings is 8. The van der Waals surface area contributed by atoms with Crippen LogP contribution in [-0.2, 0) is 0 Å². The Morgan fingerprint density at radius 3 is 2.18 bits per heavy atom. The van der Waals surface area contributed by atoms with E-state index >= 15 is 0 Å². The van der Waals surface area contributed by atoms with Crippen molar-refractivity contribution >= 4 is 96.9 Å². The third kappa shape index (κ3) is 3.68. The number of hydrogen-bond donors (Lipinski definition) is 0. The van der Waals surface area contributed by atoms with Crippen molar-refractivity contribution in [2.75, 3.05) is 0 Å². The first-order valence-corrected chi connectivity index (χ1v) is 18.0. The minimum atomic E-state index is 0.655. The van der Waals surface area contributed by atoms with Gasteiger partial charge in [0.05, 0.1) is 26.9 Å². The molecule has 0 N–H and O–H groups in total. The summed E-state index contributed by atoms with van der Waals surface area (Å²) < 4.78 is 11.4. The van der Waals surface area contributed by atoms with E-state index in [-0.39, 0.29) is 0 Å². The van der Waals surface area contributed by atoms with E-state index in [4.69, 9.17) is 14.4 Å². The summed E-state index contributed by atoms with van der Waals surface area (Å²) >= 11 is 1.84. The van der Waals surface area contributed by atoms with Crippen molar-refractivity contribution in [3.63, 3.8) is 0 Å². The summed E-state index contributed by atoms with van der Waals surface area (Å²) in [7, 11) is 0. The number of nitrogens with zero attached hydrogens (tertiary/aromatic N) is 3. The van der Waals surface area contributed by atoms with E-state index in [1.165, 1.54) is 36.3 Å². The molecule has 0 aliphatic carbocycles. The van der Waals surface area contributed by atoms with Crippen LogP contribution in [0.5, 0.6) is 0 Å². The molecule has 4 heterocycles. The molecule has 12 rings (SSSR count). The summed E-state index contributed by atoms with van der Waals surface area (Å²) in [6, 6.07) is 53.8. The van der Waals surface area contributed by atoms with Crippen LogP contribution in [0, 0.1) is 0 Å². The molecular formula is C46H25N3OS. The lowest BCUT2D eigenvalue weighted by Gasteiger charge is -2.15. The molecular weight excluding hydrogens is 643 g/mol. The third-order valence-electron chi connectivity index (χ3n) is 10.6. The summed E-state index contributed by atoms with van der Waals surface area (Å²) in [5, 5.41) is 10.4. The van der Waals surface area contributed by atoms with Crippen molar-refractivity contribution in [2.45, 2.75) is 0 Å². The van der Waals surface area contributed by atoms with Crippen molar-refractivity contribution < 1.29 is 4.42 Å². The van der Waals surface area contributed by atoms with E-state index in [2.05, 4.69) is 150 Å². The highest BCUT2D eigenvalue weighted by atomic mass is 32.1. The lowest BCUT2D eigenvalue weighted by molar-refractivity contribution is 0.673. The van der Waals surface area contributed by atoms with Gasteiger partial charge in [-0.2, -0.15) is 0 Å². The highest BCUT2D eigenvalue weighted by Crippen LogP contribution is 2.49. The lowest BCUT2D eigenvalue weighted by atomic mass is 9.96. The quantitative estimate of drug-likeness (QED) is 0.176. The van der Waals surface area contributed by atoms with Crippen molar-refractivity contribution in [3.8, 4) is 28.3 Å². The molecule has 5 heteroatoms. The minimum Gasteiger partial charge on any atom is -0.455 e. The van der Waals surface area contributed by atoms with E-state index in [0.29, 0.717) is 5.95 Å². The number of furan rings is 1. The lowest BCUT2D eigenvalue weighted by Crippen LogP contribution is -2.04. The Morgan fingerprint density at radius 1 is 0.529 bits per heavy atom. The molecule has 0 saturated carbocycles. The van der Waals surface area contributed by atoms with E-state index in [9.17, 15) is 0 Å². The number of aromatic nitrogens is 3. The fourth-order valence-corrected chi connectivity index (χ4v) is 9.59. The predicted molar refractivity (Wildman–Crippen MR) is 214 cm³/mol. The third-order valence-corrected chi connectivity index (χ3v) is 11.8. The molecule has 0 aliphatic heterocycles. The maximum atomic E-state index is 6.61. The van der Waals surface area contributed by atoms with Crippen LogP contribution in [-0.4, -0.2) is 14.5 Å². The second-order valence-electron chi connectivity index (χ2n) is 13.3. The van der Waals surface area contributed by atoms with Gasteiger partial charge in [0.25, 0.3) is 0 Å². The second kappa shape index (κ2) is 10.0. The Kier molecular flexibility index (Phi) is 5.35. The van der Waals surface area contributed by atoms with Crippen molar-refractivity contribution in [2.24, 2.45) is 0 Å². The molecule has 12 aromatic rings. The molecule has 236 valence electrons. The van der Waals surface area contributed by atoms with E-state index in [0.717, 1.165) is 71.6 Å². The van der Waals surface area contributed by atoms with Crippen LogP contribution in [0.25, 0.3) is 114 Å². The molecule has 0 aliphatic rings. The van der Waals surface area contributed by atoms with Crippen LogP contribution in [0.4, 0.5) is 0 Å². The van der Waals surface area contributed by atoms with Crippen LogP contribution in [0.3, 0.4) is 0 Å². The Hall–Kier alpha value is -6.56. The Labute approximate surface area is 294 Å². The number of thiophene rings is 1. The zero-order valence-corrected chi connectivity index (χ0v) is 27.9. The average molecular weight is 668 g/mol. The van der Waals surface area contributed by atoms with Gasteiger partial charge in [-0.1, -0.05) is 115 Å². The van der Waals surface area contributed by atoms with Crippen molar-refractivity contribution in [1.82, 2.24) is 14.5 Å². The number of fused-ring (bicyclic) bond motifs is 9. The van der Waals surface area contributed by atoms with Crippen molar-refractivity contribution in [1.29, 1.82) is 0 Å². The molecule has 0 atom stereocenters. The molecule has 0 spiro atoms. The maximum absolute atomic E-state index is 6.61. The van der Waals surface area contributed by atoms with Crippen LogP contribution in [0.1, 0.15) is 0 Å². The zero-order chi connectivity index (χ0) is 33.2. The summed E-state index contributed by atoms with van der Waals surface area (Å²) in [5.41, 5.74) is 9.21. The van der Waals surface area contributed by atoms with Gasteiger partial charge in [0.15, 0.2) is 0 Å². The van der Waals surface area contributed by atoms with Crippen LogP contribution < -0.4 is 0 Å². The Bertz CT molecular complexity index is 3370. The Balaban J connectivity index is 1.29. The van der Waals surface area contributed by atoms with Crippen LogP contribution in [0.15, 0.2) is 156 Å². The van der Waals surface area contributed by atoms with Gasteiger partial charge in [-0.25, -0.2) is 9.97 Å². The molecule has 0 bridgehead atoms. The summed E-state index contributed by atoms with van der Waals surface area (Å²) in [4.78, 5) is 11.0. The van der Waals surface area contributed by atoms with Crippen LogP contribution >= 0.6 is 11.3 Å². The summed E-state index contributed by atoms with van der Waals surface area (Å²) in [6.07, 6.45) is 0. The second-order valence-corrected chi connectivity index (χ2v) is 14.3. The number of rotatable bonds is 3. The van der Waals surface area contributed by atoms with Gasteiger partial charge in [0, 0.05) is 53.4 Å². The molecule has 8 aromatic carbocycles. The number of hydrogen-bond acceptors (Lipinski definition) is 4. The molecule has 0 saturated heterocycles. The number of para-hydroxylation sites is 2. The first kappa shape index (κ1) is 27.3. The van der Waals surface area contributed by atoms with Gasteiger partial charge < -0.3 is 4.42 Å². The summed E-state index contributed by atoms with van der Waals surface area (Å²) in [6.45, 7) is 0. The van der Waals surface area contributed by atoms with Crippen LogP contribution in [0.2, 0.25) is 0 Å². The van der Waals surface area contributed by atoms with E-state index in [1.807, 2.05) is 17.4 Å². The molecule has 4 nitrogen and oxygen atoms in total.